The molecule has 0 radical (unpaired) electrons. The summed E-state index contributed by atoms with van der Waals surface area (Å²) in [5.74, 6) is -2.01. The molecule has 0 aliphatic carbocycles. The van der Waals surface area contributed by atoms with Gasteiger partial charge in [0, 0.05) is 0 Å². The Bertz CT molecular complexity index is 2800. The zero-order valence-corrected chi connectivity index (χ0v) is 61.3. The van der Waals surface area contributed by atoms with Crippen LogP contribution in [0.25, 0.3) is 0 Å². The molecule has 4 fully saturated rings. The van der Waals surface area contributed by atoms with Crippen LogP contribution in [-0.2, 0) is 109 Å². The van der Waals surface area contributed by atoms with Crippen molar-refractivity contribution in [2.45, 2.75) is 206 Å². The van der Waals surface area contributed by atoms with E-state index in [9.17, 15) is 24.3 Å². The van der Waals surface area contributed by atoms with Gasteiger partial charge in [-0.15, -0.1) is 52.6 Å². The van der Waals surface area contributed by atoms with Crippen molar-refractivity contribution in [2.24, 2.45) is 21.7 Å². The first kappa shape index (κ1) is 85.6. The first-order chi connectivity index (χ1) is 47.8. The molecule has 26 nitrogen and oxygen atoms in total. The molecule has 0 spiro atoms. The quantitative estimate of drug-likeness (QED) is 0.0278. The molecule has 4 aliphatic rings. The lowest BCUT2D eigenvalue weighted by Gasteiger charge is -2.52. The molecule has 0 unspecified atom stereocenters. The fourth-order valence-corrected chi connectivity index (χ4v) is 10.5. The molecule has 5 rings (SSSR count). The van der Waals surface area contributed by atoms with E-state index in [0.717, 1.165) is 0 Å². The van der Waals surface area contributed by atoms with Crippen LogP contribution < -0.4 is 9.47 Å². The fraction of sp³-hybridized carbons (Fsp3) is 0.653. The number of carbonyl (C=O) groups excluding carboxylic acids is 4. The van der Waals surface area contributed by atoms with E-state index in [1.807, 2.05) is 0 Å². The minimum absolute atomic E-state index is 0.0153. The lowest BCUT2D eigenvalue weighted by molar-refractivity contribution is -0.393. The first-order valence-electron chi connectivity index (χ1n) is 33.9. The first-order valence-corrected chi connectivity index (χ1v) is 33.9. The van der Waals surface area contributed by atoms with E-state index >= 15 is 0 Å². The van der Waals surface area contributed by atoms with Gasteiger partial charge in [-0.2, -0.15) is 0 Å². The number of methoxy groups -OCH3 is 1. The Kier molecular flexibility index (Phi) is 34.7. The van der Waals surface area contributed by atoms with Gasteiger partial charge in [-0.25, -0.2) is 0 Å². The van der Waals surface area contributed by atoms with Crippen molar-refractivity contribution in [3.8, 4) is 11.5 Å². The standard InChI is InChI=1S/C75H112O26/c1-22-34-82-42-48-52(76)56(86-38-26-5)60(98-68(77)72(9,10)11)65(91-48)95-54-50(44-84-36-24-3)93-67(62(58(54)88-40-28-7)100-70(79)74(15,16)17)97-55-51(45-85-37-25-4)94-66(63(59(55)89-41-29-8)101-71(80)75(18,19)20)96-53-49(43-83-35-23-2)92-64(90-47-32-30-46(81-21)31-33-47)61(57(53)87-39-27-6)99-69(78)73(12,13)14/h22-33,48-67,76H,1-8,34-45H2,9-21H3/t48-,49-,50-,51-,52+,53+,54+,55+,56+,57+,58+,59+,60-,61-,62-,63-,64-,65+,66+,67+/m1/s1. The number of rotatable bonds is 41. The Morgan fingerprint density at radius 2 is 0.604 bits per heavy atom. The van der Waals surface area contributed by atoms with Crippen molar-refractivity contribution in [3.05, 3.63) is 126 Å². The summed E-state index contributed by atoms with van der Waals surface area (Å²) in [7, 11) is 1.53. The van der Waals surface area contributed by atoms with Crippen molar-refractivity contribution in [3.63, 3.8) is 0 Å². The maximum Gasteiger partial charge on any atom is 0.311 e. The highest BCUT2D eigenvalue weighted by Gasteiger charge is 2.61. The predicted octanol–water partition coefficient (Wildman–Crippen LogP) is 8.42. The number of aliphatic hydroxyl groups excluding tert-OH is 1. The topological polar surface area (TPSA) is 282 Å². The summed E-state index contributed by atoms with van der Waals surface area (Å²) in [5, 5.41) is 12.0. The second-order valence-corrected chi connectivity index (χ2v) is 28.4. The smallest absolute Gasteiger partial charge is 0.311 e. The third kappa shape index (κ3) is 25.1. The summed E-state index contributed by atoms with van der Waals surface area (Å²) in [6, 6.07) is 6.68. The number of hydrogen-bond donors (Lipinski definition) is 1. The maximum atomic E-state index is 14.8. The summed E-state index contributed by atoms with van der Waals surface area (Å²) in [6.07, 6.45) is -17.0. The third-order valence-corrected chi connectivity index (χ3v) is 15.7. The molecule has 1 aromatic rings. The van der Waals surface area contributed by atoms with E-state index in [4.69, 9.17) is 99.5 Å². The molecule has 0 aromatic heterocycles. The van der Waals surface area contributed by atoms with Gasteiger partial charge in [0.25, 0.3) is 0 Å². The molecular formula is C75H112O26. The Hall–Kier alpha value is -6.02. The summed E-state index contributed by atoms with van der Waals surface area (Å²) in [6.45, 7) is 49.1. The second kappa shape index (κ2) is 40.9. The third-order valence-electron chi connectivity index (χ3n) is 15.7. The van der Waals surface area contributed by atoms with Crippen LogP contribution in [0, 0.1) is 21.7 Å². The van der Waals surface area contributed by atoms with Gasteiger partial charge >= 0.3 is 23.9 Å². The number of aliphatic hydroxyl groups is 1. The summed E-state index contributed by atoms with van der Waals surface area (Å²) in [5.41, 5.74) is -4.56. The van der Waals surface area contributed by atoms with Crippen molar-refractivity contribution < 1.29 is 124 Å². The molecule has 568 valence electrons. The van der Waals surface area contributed by atoms with Crippen LogP contribution in [0.1, 0.15) is 83.1 Å². The molecule has 101 heavy (non-hydrogen) atoms. The highest BCUT2D eigenvalue weighted by molar-refractivity contribution is 5.77. The zero-order chi connectivity index (χ0) is 74.8. The van der Waals surface area contributed by atoms with Crippen molar-refractivity contribution in [1.29, 1.82) is 0 Å². The van der Waals surface area contributed by atoms with Crippen molar-refractivity contribution in [2.75, 3.05) is 86.4 Å². The minimum atomic E-state index is -1.74. The number of benzene rings is 1. The van der Waals surface area contributed by atoms with Gasteiger partial charge < -0.3 is 105 Å². The predicted molar refractivity (Wildman–Crippen MR) is 370 cm³/mol. The molecule has 4 saturated heterocycles. The molecule has 4 aliphatic heterocycles. The molecule has 0 saturated carbocycles. The zero-order valence-electron chi connectivity index (χ0n) is 61.3. The van der Waals surface area contributed by atoms with Gasteiger partial charge in [-0.1, -0.05) is 48.6 Å². The molecule has 20 atom stereocenters. The lowest BCUT2D eigenvalue weighted by Crippen LogP contribution is -2.69. The number of hydrogen-bond acceptors (Lipinski definition) is 26. The molecule has 1 aromatic carbocycles. The van der Waals surface area contributed by atoms with Gasteiger partial charge in [0.1, 0.15) is 84.7 Å². The van der Waals surface area contributed by atoms with Crippen LogP contribution in [0.2, 0.25) is 0 Å². The summed E-state index contributed by atoms with van der Waals surface area (Å²) in [4.78, 5) is 57.8. The van der Waals surface area contributed by atoms with E-state index in [1.165, 1.54) is 49.6 Å². The Labute approximate surface area is 596 Å². The van der Waals surface area contributed by atoms with Gasteiger partial charge in [0.15, 0.2) is 43.3 Å². The number of esters is 4. The normalized spacial score (nSPS) is 30.1. The van der Waals surface area contributed by atoms with E-state index in [2.05, 4.69) is 52.6 Å². The van der Waals surface area contributed by atoms with Crippen molar-refractivity contribution in [1.82, 2.24) is 0 Å². The lowest BCUT2D eigenvalue weighted by atomic mass is 9.93. The van der Waals surface area contributed by atoms with E-state index in [1.54, 1.807) is 113 Å². The van der Waals surface area contributed by atoms with E-state index in [-0.39, 0.29) is 79.3 Å². The van der Waals surface area contributed by atoms with E-state index < -0.39 is 168 Å². The van der Waals surface area contributed by atoms with Crippen LogP contribution in [-0.4, -0.2) is 238 Å². The monoisotopic (exact) mass is 1430 g/mol. The largest absolute Gasteiger partial charge is 0.497 e. The van der Waals surface area contributed by atoms with Crippen LogP contribution in [0.15, 0.2) is 126 Å². The average Bonchev–Trinajstić information content (AvgIpc) is 0.760. The molecule has 0 bridgehead atoms. The van der Waals surface area contributed by atoms with Crippen LogP contribution in [0.5, 0.6) is 11.5 Å². The SMILES string of the molecule is C=CCOC[C@H]1O[C@@H](O[C@@H]2[C@H](OCC=C)[C@@H](OC(=O)C(C)(C)C)[C@H](O[C@@H]3[C@H](OCC=C)[C@@H](OC(=O)C(C)(C)C)[C@H](O[C@@H]4[C@H](OCC=C)[C@@H](OC(=O)C(C)(C)C)[C@H](Oc5ccc(OC)cc5)O[C@@H]4COCC=C)O[C@@H]3COCC=C)O[C@@H]2COCC=C)[C@H](OC(=O)C(C)(C)C)[C@@H](OCC=C)[C@H]1O. The maximum absolute atomic E-state index is 14.8. The van der Waals surface area contributed by atoms with Crippen LogP contribution >= 0.6 is 0 Å². The van der Waals surface area contributed by atoms with Gasteiger partial charge in [-0.05, 0) is 107 Å². The molecule has 0 amide bonds. The fourth-order valence-electron chi connectivity index (χ4n) is 10.5. The van der Waals surface area contributed by atoms with Gasteiger partial charge in [0.2, 0.25) is 6.29 Å². The molecule has 4 heterocycles. The molecule has 26 heteroatoms. The van der Waals surface area contributed by atoms with Gasteiger partial charge in [-0.3, -0.25) is 19.2 Å². The van der Waals surface area contributed by atoms with Crippen molar-refractivity contribution >= 4 is 23.9 Å². The average molecular weight is 1430 g/mol. The number of carbonyl (C=O) groups is 4. The highest BCUT2D eigenvalue weighted by Crippen LogP contribution is 2.42. The van der Waals surface area contributed by atoms with Crippen LogP contribution in [0.3, 0.4) is 0 Å². The number of ether oxygens (including phenoxy) is 21. The molecular weight excluding hydrogens is 1320 g/mol. The molecule has 1 N–H and O–H groups in total. The summed E-state index contributed by atoms with van der Waals surface area (Å²) < 4.78 is 138. The van der Waals surface area contributed by atoms with E-state index in [0.29, 0.717) is 11.5 Å². The Morgan fingerprint density at radius 1 is 0.356 bits per heavy atom. The minimum Gasteiger partial charge on any atom is -0.497 e. The second-order valence-electron chi connectivity index (χ2n) is 28.4. The van der Waals surface area contributed by atoms with Gasteiger partial charge in [0.05, 0.1) is 108 Å². The highest BCUT2D eigenvalue weighted by atomic mass is 16.8. The summed E-state index contributed by atoms with van der Waals surface area (Å²) >= 11 is 0. The Morgan fingerprint density at radius 3 is 0.891 bits per heavy atom. The van der Waals surface area contributed by atoms with Crippen LogP contribution in [0.4, 0.5) is 0 Å². The Balaban J connectivity index is 1.79.